The first-order chi connectivity index (χ1) is 9.04. The number of hydrogen-bond donors (Lipinski definition) is 2. The Kier molecular flexibility index (Phi) is 4.58. The van der Waals surface area contributed by atoms with Gasteiger partial charge >= 0.3 is 0 Å². The first kappa shape index (κ1) is 14.5. The van der Waals surface area contributed by atoms with Gasteiger partial charge in [0.25, 0.3) is 0 Å². The summed E-state index contributed by atoms with van der Waals surface area (Å²) in [5.41, 5.74) is 1.89. The molecule has 3 heteroatoms. The SMILES string of the molecule is Cc1ccc(F)cc1CNC1(CO)CCC(C)CC1. The zero-order valence-electron chi connectivity index (χ0n) is 11.9. The molecule has 0 radical (unpaired) electrons. The lowest BCUT2D eigenvalue weighted by Gasteiger charge is -2.39. The molecule has 0 aromatic heterocycles. The van der Waals surface area contributed by atoms with E-state index in [0.717, 1.165) is 42.7 Å². The molecule has 2 N–H and O–H groups in total. The number of aliphatic hydroxyl groups is 1. The van der Waals surface area contributed by atoms with Gasteiger partial charge in [0, 0.05) is 12.1 Å². The minimum Gasteiger partial charge on any atom is -0.394 e. The molecule has 0 aliphatic heterocycles. The summed E-state index contributed by atoms with van der Waals surface area (Å²) in [7, 11) is 0. The Balaban J connectivity index is 2.01. The van der Waals surface area contributed by atoms with Crippen molar-refractivity contribution in [1.29, 1.82) is 0 Å². The van der Waals surface area contributed by atoms with Gasteiger partial charge in [0.05, 0.1) is 6.61 Å². The van der Waals surface area contributed by atoms with Crippen molar-refractivity contribution in [1.82, 2.24) is 5.32 Å². The number of rotatable bonds is 4. The van der Waals surface area contributed by atoms with Gasteiger partial charge in [0.15, 0.2) is 0 Å². The quantitative estimate of drug-likeness (QED) is 0.876. The van der Waals surface area contributed by atoms with Crippen LogP contribution >= 0.6 is 0 Å². The van der Waals surface area contributed by atoms with Crippen LogP contribution in [0.5, 0.6) is 0 Å². The summed E-state index contributed by atoms with van der Waals surface area (Å²) in [6.07, 6.45) is 4.30. The largest absolute Gasteiger partial charge is 0.394 e. The third-order valence-electron chi connectivity index (χ3n) is 4.50. The maximum absolute atomic E-state index is 13.3. The summed E-state index contributed by atoms with van der Waals surface area (Å²) >= 11 is 0. The Morgan fingerprint density at radius 3 is 2.68 bits per heavy atom. The van der Waals surface area contributed by atoms with Crippen LogP contribution in [-0.4, -0.2) is 17.3 Å². The van der Waals surface area contributed by atoms with Crippen molar-refractivity contribution >= 4 is 0 Å². The Hall–Kier alpha value is -0.930. The van der Waals surface area contributed by atoms with E-state index in [0.29, 0.717) is 6.54 Å². The van der Waals surface area contributed by atoms with E-state index in [9.17, 15) is 9.50 Å². The highest BCUT2D eigenvalue weighted by atomic mass is 19.1. The summed E-state index contributed by atoms with van der Waals surface area (Å²) in [6.45, 7) is 5.04. The predicted octanol–water partition coefficient (Wildman–Crippen LogP) is 3.16. The lowest BCUT2D eigenvalue weighted by Crippen LogP contribution is -2.50. The van der Waals surface area contributed by atoms with Gasteiger partial charge in [0.1, 0.15) is 5.82 Å². The first-order valence-electron chi connectivity index (χ1n) is 7.15. The molecule has 0 saturated heterocycles. The summed E-state index contributed by atoms with van der Waals surface area (Å²) in [6, 6.07) is 4.88. The van der Waals surface area contributed by atoms with Crippen molar-refractivity contribution in [2.24, 2.45) is 5.92 Å². The van der Waals surface area contributed by atoms with E-state index in [1.807, 2.05) is 6.92 Å². The van der Waals surface area contributed by atoms with Crippen LogP contribution < -0.4 is 5.32 Å². The van der Waals surface area contributed by atoms with Crippen LogP contribution in [0.2, 0.25) is 0 Å². The number of halogens is 1. The Morgan fingerprint density at radius 1 is 1.37 bits per heavy atom. The summed E-state index contributed by atoms with van der Waals surface area (Å²) in [4.78, 5) is 0. The van der Waals surface area contributed by atoms with Gasteiger partial charge < -0.3 is 10.4 Å². The van der Waals surface area contributed by atoms with Gasteiger partial charge in [0.2, 0.25) is 0 Å². The van der Waals surface area contributed by atoms with E-state index in [1.54, 1.807) is 12.1 Å². The van der Waals surface area contributed by atoms with Gasteiger partial charge in [-0.1, -0.05) is 13.0 Å². The Morgan fingerprint density at radius 2 is 2.05 bits per heavy atom. The van der Waals surface area contributed by atoms with E-state index in [2.05, 4.69) is 12.2 Å². The van der Waals surface area contributed by atoms with Crippen LogP contribution in [0.3, 0.4) is 0 Å². The topological polar surface area (TPSA) is 32.3 Å². The summed E-state index contributed by atoms with van der Waals surface area (Å²) in [5.74, 6) is 0.551. The number of aliphatic hydroxyl groups excluding tert-OH is 1. The van der Waals surface area contributed by atoms with Gasteiger partial charge in [-0.25, -0.2) is 4.39 Å². The molecule has 0 bridgehead atoms. The standard InChI is InChI=1S/C16H24FNO/c1-12-5-7-16(11-19,8-6-12)18-10-14-9-15(17)4-3-13(14)2/h3-4,9,12,18-19H,5-8,10-11H2,1-2H3. The van der Waals surface area contributed by atoms with Crippen molar-refractivity contribution < 1.29 is 9.50 Å². The van der Waals surface area contributed by atoms with Gasteiger partial charge in [-0.15, -0.1) is 0 Å². The summed E-state index contributed by atoms with van der Waals surface area (Å²) < 4.78 is 13.3. The van der Waals surface area contributed by atoms with Crippen molar-refractivity contribution in [3.8, 4) is 0 Å². The summed E-state index contributed by atoms with van der Waals surface area (Å²) in [5, 5.41) is 13.2. The lowest BCUT2D eigenvalue weighted by molar-refractivity contribution is 0.104. The average Bonchev–Trinajstić information content (AvgIpc) is 2.42. The number of nitrogens with one attached hydrogen (secondary N) is 1. The van der Waals surface area contributed by atoms with E-state index < -0.39 is 0 Å². The van der Waals surface area contributed by atoms with Crippen molar-refractivity contribution in [3.05, 3.63) is 35.1 Å². The molecule has 106 valence electrons. The molecule has 1 aliphatic rings. The fraction of sp³-hybridized carbons (Fsp3) is 0.625. The minimum atomic E-state index is -0.197. The highest BCUT2D eigenvalue weighted by Gasteiger charge is 2.33. The van der Waals surface area contributed by atoms with Gasteiger partial charge in [-0.2, -0.15) is 0 Å². The molecule has 1 aromatic carbocycles. The molecule has 2 rings (SSSR count). The fourth-order valence-electron chi connectivity index (χ4n) is 2.82. The number of aryl methyl sites for hydroxylation is 1. The molecule has 0 heterocycles. The lowest BCUT2D eigenvalue weighted by atomic mass is 9.77. The molecular weight excluding hydrogens is 241 g/mol. The molecule has 1 aromatic rings. The average molecular weight is 265 g/mol. The van der Waals surface area contributed by atoms with Crippen LogP contribution in [0.25, 0.3) is 0 Å². The predicted molar refractivity (Wildman–Crippen MR) is 75.4 cm³/mol. The molecule has 0 unspecified atom stereocenters. The van der Waals surface area contributed by atoms with Crippen molar-refractivity contribution in [3.63, 3.8) is 0 Å². The molecule has 1 aliphatic carbocycles. The smallest absolute Gasteiger partial charge is 0.123 e. The van der Waals surface area contributed by atoms with Gasteiger partial charge in [-0.05, 0) is 61.8 Å². The van der Waals surface area contributed by atoms with Crippen LogP contribution in [0.15, 0.2) is 18.2 Å². The molecule has 0 atom stereocenters. The van der Waals surface area contributed by atoms with Crippen LogP contribution in [0.4, 0.5) is 4.39 Å². The van der Waals surface area contributed by atoms with Crippen molar-refractivity contribution in [2.75, 3.05) is 6.61 Å². The number of hydrogen-bond acceptors (Lipinski definition) is 2. The molecule has 19 heavy (non-hydrogen) atoms. The van der Waals surface area contributed by atoms with Crippen LogP contribution in [-0.2, 0) is 6.54 Å². The molecule has 0 spiro atoms. The van der Waals surface area contributed by atoms with Crippen LogP contribution in [0.1, 0.15) is 43.7 Å². The maximum Gasteiger partial charge on any atom is 0.123 e. The molecule has 1 saturated carbocycles. The normalized spacial score (nSPS) is 27.5. The molecular formula is C16H24FNO. The number of benzene rings is 1. The maximum atomic E-state index is 13.3. The molecule has 0 amide bonds. The first-order valence-corrected chi connectivity index (χ1v) is 7.15. The van der Waals surface area contributed by atoms with E-state index >= 15 is 0 Å². The second kappa shape index (κ2) is 6.02. The Labute approximate surface area is 115 Å². The Bertz CT molecular complexity index is 425. The fourth-order valence-corrected chi connectivity index (χ4v) is 2.82. The third kappa shape index (κ3) is 3.54. The van der Waals surface area contributed by atoms with Crippen molar-refractivity contribution in [2.45, 2.75) is 51.6 Å². The third-order valence-corrected chi connectivity index (χ3v) is 4.50. The minimum absolute atomic E-state index is 0.161. The molecule has 2 nitrogen and oxygen atoms in total. The van der Waals surface area contributed by atoms with E-state index in [4.69, 9.17) is 0 Å². The second-order valence-corrected chi connectivity index (χ2v) is 6.05. The monoisotopic (exact) mass is 265 g/mol. The molecule has 1 fully saturated rings. The zero-order chi connectivity index (χ0) is 13.9. The van der Waals surface area contributed by atoms with E-state index in [1.165, 1.54) is 6.07 Å². The van der Waals surface area contributed by atoms with Crippen LogP contribution in [0, 0.1) is 18.7 Å². The highest BCUT2D eigenvalue weighted by Crippen LogP contribution is 2.32. The van der Waals surface area contributed by atoms with E-state index in [-0.39, 0.29) is 18.0 Å². The van der Waals surface area contributed by atoms with Gasteiger partial charge in [-0.3, -0.25) is 0 Å². The highest BCUT2D eigenvalue weighted by molar-refractivity contribution is 5.26. The zero-order valence-corrected chi connectivity index (χ0v) is 11.9. The second-order valence-electron chi connectivity index (χ2n) is 6.05.